The topological polar surface area (TPSA) is 72.2 Å². The molecule has 0 N–H and O–H groups in total. The number of aryl methyl sites for hydroxylation is 1. The molecule has 3 aromatic rings. The van der Waals surface area contributed by atoms with Gasteiger partial charge in [0, 0.05) is 6.42 Å². The van der Waals surface area contributed by atoms with Crippen LogP contribution < -0.4 is 4.74 Å². The minimum atomic E-state index is 0.420. The largest absolute Gasteiger partial charge is 0.492 e. The van der Waals surface area contributed by atoms with Crippen LogP contribution in [-0.4, -0.2) is 11.6 Å². The Morgan fingerprint density at radius 1 is 1.23 bits per heavy atom. The zero-order valence-electron chi connectivity index (χ0n) is 12.1. The van der Waals surface area contributed by atoms with Gasteiger partial charge in [-0.25, -0.2) is 4.98 Å². The van der Waals surface area contributed by atoms with Crippen LogP contribution in [0.25, 0.3) is 11.7 Å². The van der Waals surface area contributed by atoms with Crippen molar-refractivity contribution in [2.24, 2.45) is 0 Å². The van der Waals surface area contributed by atoms with E-state index in [-0.39, 0.29) is 0 Å². The summed E-state index contributed by atoms with van der Waals surface area (Å²) in [5.41, 5.74) is 1.34. The number of aromatic nitrogens is 1. The highest BCUT2D eigenvalue weighted by Gasteiger charge is 2.13. The highest BCUT2D eigenvalue weighted by Crippen LogP contribution is 2.23. The number of oxazole rings is 1. The van der Waals surface area contributed by atoms with Crippen LogP contribution in [0.3, 0.4) is 0 Å². The van der Waals surface area contributed by atoms with Gasteiger partial charge in [-0.2, -0.15) is 5.26 Å². The number of rotatable bonds is 5. The van der Waals surface area contributed by atoms with Crippen molar-refractivity contribution >= 4 is 0 Å². The van der Waals surface area contributed by atoms with Crippen molar-refractivity contribution in [1.29, 1.82) is 5.26 Å². The smallest absolute Gasteiger partial charge is 0.263 e. The molecule has 0 aliphatic rings. The van der Waals surface area contributed by atoms with E-state index in [1.165, 1.54) is 0 Å². The second kappa shape index (κ2) is 6.19. The van der Waals surface area contributed by atoms with Gasteiger partial charge in [0.1, 0.15) is 17.6 Å². The SMILES string of the molecule is Cc1oc(-c2ccco2)nc1CCOc1ccccc1C#N. The Morgan fingerprint density at radius 3 is 2.86 bits per heavy atom. The van der Waals surface area contributed by atoms with E-state index in [2.05, 4.69) is 11.1 Å². The Kier molecular flexibility index (Phi) is 3.92. The first-order valence-electron chi connectivity index (χ1n) is 6.90. The molecule has 0 amide bonds. The van der Waals surface area contributed by atoms with Gasteiger partial charge in [0.25, 0.3) is 5.89 Å². The monoisotopic (exact) mass is 294 g/mol. The number of para-hydroxylation sites is 1. The van der Waals surface area contributed by atoms with E-state index in [1.54, 1.807) is 30.5 Å². The van der Waals surface area contributed by atoms with Crippen molar-refractivity contribution < 1.29 is 13.6 Å². The van der Waals surface area contributed by atoms with Gasteiger partial charge in [-0.3, -0.25) is 0 Å². The van der Waals surface area contributed by atoms with Crippen LogP contribution in [0.2, 0.25) is 0 Å². The third-order valence-corrected chi connectivity index (χ3v) is 3.23. The first-order valence-corrected chi connectivity index (χ1v) is 6.90. The van der Waals surface area contributed by atoms with Gasteiger partial charge in [0.05, 0.1) is 24.1 Å². The lowest BCUT2D eigenvalue weighted by atomic mass is 10.2. The van der Waals surface area contributed by atoms with E-state index in [1.807, 2.05) is 19.1 Å². The Labute approximate surface area is 127 Å². The second-order valence-electron chi connectivity index (χ2n) is 4.71. The van der Waals surface area contributed by atoms with Crippen molar-refractivity contribution in [3.8, 4) is 23.5 Å². The zero-order valence-corrected chi connectivity index (χ0v) is 12.1. The van der Waals surface area contributed by atoms with E-state index in [0.717, 1.165) is 11.5 Å². The molecule has 22 heavy (non-hydrogen) atoms. The Morgan fingerprint density at radius 2 is 2.09 bits per heavy atom. The Bertz CT molecular complexity index is 798. The van der Waals surface area contributed by atoms with Gasteiger partial charge in [0.2, 0.25) is 0 Å². The fourth-order valence-electron chi connectivity index (χ4n) is 2.11. The molecule has 2 aromatic heterocycles. The normalized spacial score (nSPS) is 10.4. The van der Waals surface area contributed by atoms with Gasteiger partial charge in [0.15, 0.2) is 5.76 Å². The lowest BCUT2D eigenvalue weighted by molar-refractivity contribution is 0.319. The predicted molar refractivity (Wildman–Crippen MR) is 79.3 cm³/mol. The summed E-state index contributed by atoms with van der Waals surface area (Å²) >= 11 is 0. The van der Waals surface area contributed by atoms with Gasteiger partial charge in [-0.1, -0.05) is 12.1 Å². The minimum absolute atomic E-state index is 0.420. The molecule has 0 aliphatic carbocycles. The third-order valence-electron chi connectivity index (χ3n) is 3.23. The molecule has 0 spiro atoms. The molecule has 0 aliphatic heterocycles. The molecule has 5 nitrogen and oxygen atoms in total. The molecular weight excluding hydrogens is 280 g/mol. The number of hydrogen-bond acceptors (Lipinski definition) is 5. The van der Waals surface area contributed by atoms with Crippen LogP contribution in [0.4, 0.5) is 0 Å². The van der Waals surface area contributed by atoms with Crippen LogP contribution >= 0.6 is 0 Å². The molecule has 0 bridgehead atoms. The van der Waals surface area contributed by atoms with Crippen molar-refractivity contribution in [2.45, 2.75) is 13.3 Å². The molecule has 0 saturated heterocycles. The van der Waals surface area contributed by atoms with Gasteiger partial charge in [-0.15, -0.1) is 0 Å². The summed E-state index contributed by atoms with van der Waals surface area (Å²) in [5, 5.41) is 9.02. The third kappa shape index (κ3) is 2.86. The summed E-state index contributed by atoms with van der Waals surface area (Å²) in [4.78, 5) is 4.42. The molecule has 1 aromatic carbocycles. The van der Waals surface area contributed by atoms with Crippen molar-refractivity contribution in [1.82, 2.24) is 4.98 Å². The lowest BCUT2D eigenvalue weighted by Gasteiger charge is -2.06. The zero-order chi connectivity index (χ0) is 15.4. The number of hydrogen-bond donors (Lipinski definition) is 0. The van der Waals surface area contributed by atoms with Gasteiger partial charge in [-0.05, 0) is 31.2 Å². The molecule has 2 heterocycles. The highest BCUT2D eigenvalue weighted by atomic mass is 16.5. The first kappa shape index (κ1) is 14.0. The quantitative estimate of drug-likeness (QED) is 0.716. The van der Waals surface area contributed by atoms with Crippen LogP contribution in [-0.2, 0) is 6.42 Å². The standard InChI is InChI=1S/C17H14N2O3/c1-12-14(19-17(22-12)16-7-4-9-20-16)8-10-21-15-6-3-2-5-13(15)11-18/h2-7,9H,8,10H2,1H3. The molecule has 0 atom stereocenters. The number of ether oxygens (including phenoxy) is 1. The number of furan rings is 1. The van der Waals surface area contributed by atoms with E-state index in [9.17, 15) is 0 Å². The number of nitrogens with zero attached hydrogens (tertiary/aromatic N) is 2. The number of benzene rings is 1. The summed E-state index contributed by atoms with van der Waals surface area (Å²) in [7, 11) is 0. The maximum absolute atomic E-state index is 9.02. The fraction of sp³-hybridized carbons (Fsp3) is 0.176. The lowest BCUT2D eigenvalue weighted by Crippen LogP contribution is -2.03. The summed E-state index contributed by atoms with van der Waals surface area (Å²) in [5.74, 6) is 2.39. The van der Waals surface area contributed by atoms with Crippen molar-refractivity contribution in [3.05, 3.63) is 59.7 Å². The minimum Gasteiger partial charge on any atom is -0.492 e. The van der Waals surface area contributed by atoms with Gasteiger partial charge < -0.3 is 13.6 Å². The average molecular weight is 294 g/mol. The van der Waals surface area contributed by atoms with Crippen LogP contribution in [0.5, 0.6) is 5.75 Å². The molecule has 0 fully saturated rings. The molecule has 0 unspecified atom stereocenters. The average Bonchev–Trinajstić information content (AvgIpc) is 3.18. The fourth-order valence-corrected chi connectivity index (χ4v) is 2.11. The van der Waals surface area contributed by atoms with Crippen LogP contribution in [0.15, 0.2) is 51.5 Å². The predicted octanol–water partition coefficient (Wildman–Crippen LogP) is 3.74. The summed E-state index contributed by atoms with van der Waals surface area (Å²) < 4.78 is 16.5. The molecule has 3 rings (SSSR count). The molecule has 5 heteroatoms. The van der Waals surface area contributed by atoms with Gasteiger partial charge >= 0.3 is 0 Å². The molecular formula is C17H14N2O3. The Balaban J connectivity index is 1.66. The van der Waals surface area contributed by atoms with E-state index in [0.29, 0.717) is 36.0 Å². The summed E-state index contributed by atoms with van der Waals surface area (Å²) in [6, 6.07) is 12.9. The Hall–Kier alpha value is -3.00. The van der Waals surface area contributed by atoms with Crippen molar-refractivity contribution in [2.75, 3.05) is 6.61 Å². The maximum atomic E-state index is 9.02. The second-order valence-corrected chi connectivity index (χ2v) is 4.71. The molecule has 0 saturated carbocycles. The van der Waals surface area contributed by atoms with Crippen molar-refractivity contribution in [3.63, 3.8) is 0 Å². The van der Waals surface area contributed by atoms with Crippen LogP contribution in [0, 0.1) is 18.3 Å². The highest BCUT2D eigenvalue weighted by molar-refractivity contribution is 5.45. The first-order chi connectivity index (χ1) is 10.8. The molecule has 110 valence electrons. The summed E-state index contributed by atoms with van der Waals surface area (Å²) in [6.45, 7) is 2.28. The van der Waals surface area contributed by atoms with E-state index < -0.39 is 0 Å². The molecule has 0 radical (unpaired) electrons. The van der Waals surface area contributed by atoms with E-state index in [4.69, 9.17) is 18.8 Å². The van der Waals surface area contributed by atoms with Crippen LogP contribution in [0.1, 0.15) is 17.0 Å². The maximum Gasteiger partial charge on any atom is 0.263 e. The van der Waals surface area contributed by atoms with E-state index >= 15 is 0 Å². The number of nitriles is 1. The summed E-state index contributed by atoms with van der Waals surface area (Å²) in [6.07, 6.45) is 2.17.